The van der Waals surface area contributed by atoms with Gasteiger partial charge in [0.2, 0.25) is 0 Å². The fraction of sp³-hybridized carbons (Fsp3) is 0.333. The van der Waals surface area contributed by atoms with Gasteiger partial charge in [0.05, 0.1) is 13.7 Å². The largest absolute Gasteiger partial charge is 0.496 e. The first-order valence-corrected chi connectivity index (χ1v) is 7.68. The number of halogens is 1. The third-order valence-electron chi connectivity index (χ3n) is 3.50. The van der Waals surface area contributed by atoms with E-state index in [-0.39, 0.29) is 0 Å². The second kappa shape index (κ2) is 8.79. The Kier molecular flexibility index (Phi) is 6.72. The van der Waals surface area contributed by atoms with E-state index in [1.807, 2.05) is 24.3 Å². The van der Waals surface area contributed by atoms with E-state index < -0.39 is 0 Å². The summed E-state index contributed by atoms with van der Waals surface area (Å²) in [6.07, 6.45) is 0. The summed E-state index contributed by atoms with van der Waals surface area (Å²) in [5.41, 5.74) is 2.36. The highest BCUT2D eigenvalue weighted by atomic mass is 35.5. The Morgan fingerprint density at radius 2 is 1.77 bits per heavy atom. The molecule has 0 aromatic heterocycles. The molecule has 3 nitrogen and oxygen atoms in total. The van der Waals surface area contributed by atoms with Crippen LogP contribution in [0.4, 0.5) is 0 Å². The number of ether oxygens (including phenoxy) is 2. The molecule has 0 bridgehead atoms. The summed E-state index contributed by atoms with van der Waals surface area (Å²) in [5, 5.41) is 0.724. The number of benzene rings is 2. The molecule has 2 rings (SSSR count). The number of hydrogen-bond donors (Lipinski definition) is 0. The lowest BCUT2D eigenvalue weighted by Gasteiger charge is -2.23. The molecule has 0 amide bonds. The Hall–Kier alpha value is -1.55. The van der Waals surface area contributed by atoms with Crippen molar-refractivity contribution in [3.05, 3.63) is 64.7 Å². The normalized spacial score (nSPS) is 10.9. The molecule has 0 N–H and O–H groups in total. The molecule has 0 aliphatic rings. The van der Waals surface area contributed by atoms with Gasteiger partial charge < -0.3 is 9.47 Å². The van der Waals surface area contributed by atoms with Crippen molar-refractivity contribution in [2.45, 2.75) is 13.1 Å². The first-order valence-electron chi connectivity index (χ1n) is 7.30. The maximum absolute atomic E-state index is 6.12. The van der Waals surface area contributed by atoms with Gasteiger partial charge in [0, 0.05) is 37.3 Å². The van der Waals surface area contributed by atoms with Crippen molar-refractivity contribution in [3.63, 3.8) is 0 Å². The molecule has 0 aliphatic carbocycles. The molecule has 0 saturated carbocycles. The fourth-order valence-corrected chi connectivity index (χ4v) is 2.58. The predicted octanol–water partition coefficient (Wildman–Crippen LogP) is 4.00. The summed E-state index contributed by atoms with van der Waals surface area (Å²) in [6, 6.07) is 16.1. The van der Waals surface area contributed by atoms with Crippen molar-refractivity contribution in [1.82, 2.24) is 4.90 Å². The summed E-state index contributed by atoms with van der Waals surface area (Å²) in [7, 11) is 3.41. The van der Waals surface area contributed by atoms with Crippen LogP contribution in [0.2, 0.25) is 5.02 Å². The van der Waals surface area contributed by atoms with Gasteiger partial charge in [0.25, 0.3) is 0 Å². The van der Waals surface area contributed by atoms with E-state index in [0.29, 0.717) is 6.61 Å². The van der Waals surface area contributed by atoms with Crippen molar-refractivity contribution < 1.29 is 9.47 Å². The second-order valence-electron chi connectivity index (χ2n) is 5.15. The van der Waals surface area contributed by atoms with Gasteiger partial charge in [-0.25, -0.2) is 0 Å². The van der Waals surface area contributed by atoms with Gasteiger partial charge in [0.1, 0.15) is 5.75 Å². The van der Waals surface area contributed by atoms with Crippen molar-refractivity contribution >= 4 is 11.6 Å². The molecular formula is C18H22ClNO2. The van der Waals surface area contributed by atoms with Crippen LogP contribution in [0.1, 0.15) is 11.1 Å². The molecule has 2 aromatic carbocycles. The number of rotatable bonds is 8. The van der Waals surface area contributed by atoms with Crippen LogP contribution in [0.3, 0.4) is 0 Å². The highest BCUT2D eigenvalue weighted by molar-refractivity contribution is 6.30. The van der Waals surface area contributed by atoms with Gasteiger partial charge in [-0.3, -0.25) is 4.90 Å². The van der Waals surface area contributed by atoms with Crippen LogP contribution in [0.15, 0.2) is 48.5 Å². The van der Waals surface area contributed by atoms with Crippen molar-refractivity contribution in [2.75, 3.05) is 27.4 Å². The zero-order valence-corrected chi connectivity index (χ0v) is 13.8. The lowest BCUT2D eigenvalue weighted by atomic mass is 10.1. The predicted molar refractivity (Wildman–Crippen MR) is 90.4 cm³/mol. The minimum atomic E-state index is 0.690. The summed E-state index contributed by atoms with van der Waals surface area (Å²) < 4.78 is 10.7. The Morgan fingerprint density at radius 3 is 2.45 bits per heavy atom. The average Bonchev–Trinajstić information content (AvgIpc) is 2.54. The molecule has 0 aliphatic heterocycles. The number of hydrogen-bond acceptors (Lipinski definition) is 3. The molecule has 0 radical (unpaired) electrons. The average molecular weight is 320 g/mol. The maximum Gasteiger partial charge on any atom is 0.123 e. The van der Waals surface area contributed by atoms with Gasteiger partial charge in [0.15, 0.2) is 0 Å². The van der Waals surface area contributed by atoms with Gasteiger partial charge in [-0.15, -0.1) is 0 Å². The van der Waals surface area contributed by atoms with Crippen LogP contribution in [0, 0.1) is 0 Å². The van der Waals surface area contributed by atoms with E-state index in [9.17, 15) is 0 Å². The van der Waals surface area contributed by atoms with Crippen molar-refractivity contribution in [1.29, 1.82) is 0 Å². The minimum absolute atomic E-state index is 0.690. The molecule has 4 heteroatoms. The molecular weight excluding hydrogens is 298 g/mol. The zero-order chi connectivity index (χ0) is 15.8. The van der Waals surface area contributed by atoms with Crippen LogP contribution in [0.5, 0.6) is 5.75 Å². The quantitative estimate of drug-likeness (QED) is 0.734. The van der Waals surface area contributed by atoms with E-state index in [2.05, 4.69) is 29.2 Å². The summed E-state index contributed by atoms with van der Waals surface area (Å²) >= 11 is 6.12. The van der Waals surface area contributed by atoms with E-state index in [4.69, 9.17) is 21.1 Å². The van der Waals surface area contributed by atoms with Crippen molar-refractivity contribution in [2.24, 2.45) is 0 Å². The van der Waals surface area contributed by atoms with Gasteiger partial charge in [-0.05, 0) is 23.8 Å². The molecule has 2 aromatic rings. The standard InChI is InChI=1S/C18H22ClNO2/c1-21-11-10-20(13-15-6-4-3-5-7-15)14-16-12-17(19)8-9-18(16)22-2/h3-9,12H,10-11,13-14H2,1-2H3. The molecule has 0 saturated heterocycles. The summed E-state index contributed by atoms with van der Waals surface area (Å²) in [4.78, 5) is 2.33. The second-order valence-corrected chi connectivity index (χ2v) is 5.58. The third-order valence-corrected chi connectivity index (χ3v) is 3.73. The highest BCUT2D eigenvalue weighted by Crippen LogP contribution is 2.24. The Bertz CT molecular complexity index is 575. The third kappa shape index (κ3) is 5.02. The molecule has 0 unspecified atom stereocenters. The molecule has 22 heavy (non-hydrogen) atoms. The first kappa shape index (κ1) is 16.8. The van der Waals surface area contributed by atoms with Gasteiger partial charge in [-0.2, -0.15) is 0 Å². The topological polar surface area (TPSA) is 21.7 Å². The Morgan fingerprint density at radius 1 is 1.00 bits per heavy atom. The smallest absolute Gasteiger partial charge is 0.123 e. The fourth-order valence-electron chi connectivity index (χ4n) is 2.39. The van der Waals surface area contributed by atoms with Crippen LogP contribution >= 0.6 is 11.6 Å². The van der Waals surface area contributed by atoms with Crippen LogP contribution in [-0.4, -0.2) is 32.3 Å². The van der Waals surface area contributed by atoms with Gasteiger partial charge in [-0.1, -0.05) is 41.9 Å². The number of methoxy groups -OCH3 is 2. The Balaban J connectivity index is 2.14. The lowest BCUT2D eigenvalue weighted by molar-refractivity contribution is 0.139. The molecule has 0 heterocycles. The molecule has 118 valence electrons. The monoisotopic (exact) mass is 319 g/mol. The highest BCUT2D eigenvalue weighted by Gasteiger charge is 2.11. The number of nitrogens with zero attached hydrogens (tertiary/aromatic N) is 1. The molecule has 0 fully saturated rings. The van der Waals surface area contributed by atoms with Crippen LogP contribution in [0.25, 0.3) is 0 Å². The van der Waals surface area contributed by atoms with E-state index >= 15 is 0 Å². The van der Waals surface area contributed by atoms with Gasteiger partial charge >= 0.3 is 0 Å². The molecule has 0 atom stereocenters. The minimum Gasteiger partial charge on any atom is -0.496 e. The van der Waals surface area contributed by atoms with Crippen LogP contribution < -0.4 is 4.74 Å². The van der Waals surface area contributed by atoms with Crippen LogP contribution in [-0.2, 0) is 17.8 Å². The summed E-state index contributed by atoms with van der Waals surface area (Å²) in [5.74, 6) is 0.861. The van der Waals surface area contributed by atoms with E-state index in [1.54, 1.807) is 14.2 Å². The molecule has 0 spiro atoms. The SMILES string of the molecule is COCCN(Cc1ccccc1)Cc1cc(Cl)ccc1OC. The Labute approximate surface area is 137 Å². The van der Waals surface area contributed by atoms with E-state index in [1.165, 1.54) is 5.56 Å². The zero-order valence-electron chi connectivity index (χ0n) is 13.1. The van der Waals surface area contributed by atoms with E-state index in [0.717, 1.165) is 36.0 Å². The first-order chi connectivity index (χ1) is 10.7. The van der Waals surface area contributed by atoms with Crippen molar-refractivity contribution in [3.8, 4) is 5.75 Å². The summed E-state index contributed by atoms with van der Waals surface area (Å²) in [6.45, 7) is 3.17. The maximum atomic E-state index is 6.12. The lowest BCUT2D eigenvalue weighted by Crippen LogP contribution is -2.26.